The van der Waals surface area contributed by atoms with Crippen LogP contribution in [0, 0.1) is 30.6 Å². The molecule has 8 heteroatoms. The van der Waals surface area contributed by atoms with Gasteiger partial charge in [0.1, 0.15) is 12.3 Å². The van der Waals surface area contributed by atoms with Crippen molar-refractivity contribution in [3.63, 3.8) is 0 Å². The molecule has 8 nitrogen and oxygen atoms in total. The number of aryl methyl sites for hydroxylation is 1. The molecule has 0 radical (unpaired) electrons. The van der Waals surface area contributed by atoms with Gasteiger partial charge < -0.3 is 9.47 Å². The van der Waals surface area contributed by atoms with Crippen LogP contribution in [0.2, 0.25) is 0 Å². The van der Waals surface area contributed by atoms with E-state index in [1.807, 2.05) is 19.1 Å². The van der Waals surface area contributed by atoms with Gasteiger partial charge in [0, 0.05) is 5.56 Å². The van der Waals surface area contributed by atoms with Crippen molar-refractivity contribution in [1.82, 2.24) is 4.90 Å². The second kappa shape index (κ2) is 9.09. The number of Topliss-reactive ketones (excluding diaryl/α,β-unsaturated/α-hetero) is 1. The number of likely N-dealkylation sites (tertiary alicyclic amines) is 1. The molecule has 2 aliphatic carbocycles. The Balaban J connectivity index is 1.12. The summed E-state index contributed by atoms with van der Waals surface area (Å²) in [5.74, 6) is -2.18. The van der Waals surface area contributed by atoms with Crippen molar-refractivity contribution in [2.45, 2.75) is 26.2 Å². The summed E-state index contributed by atoms with van der Waals surface area (Å²) in [7, 11) is 0. The fraction of sp³-hybridized carbons (Fsp3) is 0.370. The molecule has 2 aromatic rings. The van der Waals surface area contributed by atoms with Crippen LogP contribution in [0.3, 0.4) is 0 Å². The highest BCUT2D eigenvalue weighted by molar-refractivity contribution is 6.08. The van der Waals surface area contributed by atoms with Gasteiger partial charge in [0.2, 0.25) is 11.8 Å². The topological polar surface area (TPSA) is 107 Å². The van der Waals surface area contributed by atoms with Crippen molar-refractivity contribution < 1.29 is 33.4 Å². The van der Waals surface area contributed by atoms with Gasteiger partial charge >= 0.3 is 11.9 Å². The summed E-state index contributed by atoms with van der Waals surface area (Å²) in [4.78, 5) is 63.3. The summed E-state index contributed by atoms with van der Waals surface area (Å²) in [5.41, 5.74) is 1.71. The normalized spacial score (nSPS) is 24.4. The van der Waals surface area contributed by atoms with Crippen LogP contribution in [0.1, 0.15) is 45.5 Å². The minimum absolute atomic E-state index is 0.239. The number of ether oxygens (including phenoxy) is 2. The van der Waals surface area contributed by atoms with E-state index in [1.165, 1.54) is 24.3 Å². The van der Waals surface area contributed by atoms with Crippen LogP contribution < -0.4 is 4.74 Å². The molecule has 180 valence electrons. The maximum atomic E-state index is 12.7. The molecule has 2 amide bonds. The molecule has 5 rings (SSSR count). The Morgan fingerprint density at radius 1 is 0.857 bits per heavy atom. The van der Waals surface area contributed by atoms with Gasteiger partial charge in [0.25, 0.3) is 0 Å². The number of carbonyl (C=O) groups excluding carboxylic acids is 5. The molecule has 3 fully saturated rings. The fourth-order valence-corrected chi connectivity index (χ4v) is 5.59. The van der Waals surface area contributed by atoms with Crippen LogP contribution in [-0.2, 0) is 19.1 Å². The summed E-state index contributed by atoms with van der Waals surface area (Å²) >= 11 is 0. The second-order valence-corrected chi connectivity index (χ2v) is 9.51. The molecule has 2 saturated carbocycles. The Hall–Kier alpha value is -3.81. The van der Waals surface area contributed by atoms with Gasteiger partial charge in [0.05, 0.1) is 17.4 Å². The van der Waals surface area contributed by atoms with Crippen molar-refractivity contribution >= 4 is 29.5 Å². The number of rotatable bonds is 7. The van der Waals surface area contributed by atoms with Gasteiger partial charge in [-0.1, -0.05) is 17.7 Å². The maximum absolute atomic E-state index is 12.7. The molecule has 4 unspecified atom stereocenters. The quantitative estimate of drug-likeness (QED) is 0.262. The van der Waals surface area contributed by atoms with Crippen LogP contribution >= 0.6 is 0 Å². The molecule has 1 saturated heterocycles. The van der Waals surface area contributed by atoms with Crippen LogP contribution in [0.25, 0.3) is 0 Å². The lowest BCUT2D eigenvalue weighted by Gasteiger charge is -2.19. The van der Waals surface area contributed by atoms with E-state index in [4.69, 9.17) is 9.47 Å². The minimum atomic E-state index is -0.795. The molecule has 0 spiro atoms. The van der Waals surface area contributed by atoms with Gasteiger partial charge in [-0.3, -0.25) is 24.1 Å². The minimum Gasteiger partial charge on any atom is -0.456 e. The number of ketones is 1. The zero-order valence-corrected chi connectivity index (χ0v) is 19.3. The molecule has 3 aliphatic rings. The number of imide groups is 1. The zero-order chi connectivity index (χ0) is 24.7. The van der Waals surface area contributed by atoms with E-state index in [9.17, 15) is 24.0 Å². The summed E-state index contributed by atoms with van der Waals surface area (Å²) in [6.07, 6.45) is 2.84. The first-order valence-corrected chi connectivity index (χ1v) is 11.7. The lowest BCUT2D eigenvalue weighted by atomic mass is 9.81. The lowest BCUT2D eigenvalue weighted by molar-refractivity contribution is -0.152. The number of nitrogens with zero attached hydrogens (tertiary/aromatic N) is 1. The maximum Gasteiger partial charge on any atom is 0.343 e. The van der Waals surface area contributed by atoms with E-state index in [2.05, 4.69) is 0 Å². The first-order chi connectivity index (χ1) is 16.8. The molecule has 1 heterocycles. The molecular formula is C27H25NO7. The Bertz CT molecular complexity index is 1170. The first-order valence-electron chi connectivity index (χ1n) is 11.7. The second-order valence-electron chi connectivity index (χ2n) is 9.51. The molecule has 4 atom stereocenters. The van der Waals surface area contributed by atoms with Gasteiger partial charge in [-0.25, -0.2) is 4.79 Å². The number of hydrogen-bond acceptors (Lipinski definition) is 7. The van der Waals surface area contributed by atoms with Crippen molar-refractivity contribution in [3.8, 4) is 5.75 Å². The number of benzene rings is 2. The fourth-order valence-electron chi connectivity index (χ4n) is 5.59. The number of amides is 2. The largest absolute Gasteiger partial charge is 0.456 e. The number of hydrogen-bond donors (Lipinski definition) is 0. The van der Waals surface area contributed by atoms with Crippen molar-refractivity contribution in [1.29, 1.82) is 0 Å². The molecular weight excluding hydrogens is 450 g/mol. The third kappa shape index (κ3) is 4.36. The van der Waals surface area contributed by atoms with Gasteiger partial charge in [-0.2, -0.15) is 0 Å². The SMILES string of the molecule is Cc1ccc(C(=O)Oc2ccc(C(=O)COC(=O)CN3C(=O)C4C5CCC(C5)C4C3=O)cc2)cc1. The van der Waals surface area contributed by atoms with Crippen molar-refractivity contribution in [2.75, 3.05) is 13.2 Å². The van der Waals surface area contributed by atoms with Gasteiger partial charge in [-0.15, -0.1) is 0 Å². The van der Waals surface area contributed by atoms with Gasteiger partial charge in [0.15, 0.2) is 12.4 Å². The van der Waals surface area contributed by atoms with E-state index in [0.29, 0.717) is 5.56 Å². The van der Waals surface area contributed by atoms with Crippen LogP contribution in [0.5, 0.6) is 5.75 Å². The summed E-state index contributed by atoms with van der Waals surface area (Å²) in [5, 5.41) is 0. The average molecular weight is 475 g/mol. The number of fused-ring (bicyclic) bond motifs is 5. The zero-order valence-electron chi connectivity index (χ0n) is 19.3. The van der Waals surface area contributed by atoms with E-state index < -0.39 is 30.9 Å². The Kier molecular flexibility index (Phi) is 5.96. The van der Waals surface area contributed by atoms with E-state index in [-0.39, 0.29) is 46.8 Å². The Labute approximate surface area is 202 Å². The van der Waals surface area contributed by atoms with E-state index in [1.54, 1.807) is 12.1 Å². The third-order valence-corrected chi connectivity index (χ3v) is 7.34. The standard InChI is InChI=1S/C27H25NO7/c1-15-2-4-17(5-3-15)27(33)35-20-10-8-16(9-11-20)21(29)14-34-22(30)13-28-25(31)23-18-6-7-19(12-18)24(23)26(28)32/h2-5,8-11,18-19,23-24H,6-7,12-14H2,1H3. The van der Waals surface area contributed by atoms with Crippen LogP contribution in [0.4, 0.5) is 0 Å². The number of carbonyl (C=O) groups is 5. The molecule has 0 aromatic heterocycles. The third-order valence-electron chi connectivity index (χ3n) is 7.34. The molecule has 2 bridgehead atoms. The Morgan fingerprint density at radius 2 is 1.43 bits per heavy atom. The summed E-state index contributed by atoms with van der Waals surface area (Å²) < 4.78 is 10.4. The highest BCUT2D eigenvalue weighted by atomic mass is 16.5. The monoisotopic (exact) mass is 475 g/mol. The Morgan fingerprint density at radius 3 is 2.03 bits per heavy atom. The van der Waals surface area contributed by atoms with Crippen molar-refractivity contribution in [3.05, 3.63) is 65.2 Å². The van der Waals surface area contributed by atoms with E-state index in [0.717, 1.165) is 29.7 Å². The molecule has 2 aromatic carbocycles. The molecule has 1 aliphatic heterocycles. The number of esters is 2. The first kappa shape index (κ1) is 23.0. The molecule has 35 heavy (non-hydrogen) atoms. The smallest absolute Gasteiger partial charge is 0.343 e. The van der Waals surface area contributed by atoms with Crippen molar-refractivity contribution in [2.24, 2.45) is 23.7 Å². The van der Waals surface area contributed by atoms with Crippen LogP contribution in [-0.4, -0.2) is 47.6 Å². The average Bonchev–Trinajstić information content (AvgIpc) is 3.54. The lowest BCUT2D eigenvalue weighted by Crippen LogP contribution is -2.38. The van der Waals surface area contributed by atoms with E-state index >= 15 is 0 Å². The highest BCUT2D eigenvalue weighted by Crippen LogP contribution is 2.56. The molecule has 0 N–H and O–H groups in total. The van der Waals surface area contributed by atoms with Crippen LogP contribution in [0.15, 0.2) is 48.5 Å². The predicted octanol–water partition coefficient (Wildman–Crippen LogP) is 2.97. The van der Waals surface area contributed by atoms with Gasteiger partial charge in [-0.05, 0) is 74.4 Å². The summed E-state index contributed by atoms with van der Waals surface area (Å²) in [6, 6.07) is 12.9. The highest BCUT2D eigenvalue weighted by Gasteiger charge is 2.61. The predicted molar refractivity (Wildman–Crippen MR) is 122 cm³/mol. The summed E-state index contributed by atoms with van der Waals surface area (Å²) in [6.45, 7) is 0.933.